The van der Waals surface area contributed by atoms with E-state index >= 15 is 0 Å². The number of nitrogens with zero attached hydrogens (tertiary/aromatic N) is 3. The molecule has 0 saturated carbocycles. The molecule has 0 bridgehead atoms. The summed E-state index contributed by atoms with van der Waals surface area (Å²) in [5, 5.41) is 7.26. The van der Waals surface area contributed by atoms with E-state index in [1.807, 2.05) is 0 Å². The monoisotopic (exact) mass is 829 g/mol. The molecule has 0 fully saturated rings. The molecule has 0 aliphatic rings. The number of rotatable bonds is 9. The number of anilines is 6. The Morgan fingerprint density at radius 1 is 0.277 bits per heavy atom. The van der Waals surface area contributed by atoms with E-state index in [9.17, 15) is 0 Å². The molecule has 0 spiro atoms. The third kappa shape index (κ3) is 6.78. The zero-order valence-electron chi connectivity index (χ0n) is 35.7. The first-order valence-electron chi connectivity index (χ1n) is 22.3. The second-order valence-corrected chi connectivity index (χ2v) is 16.5. The van der Waals surface area contributed by atoms with Gasteiger partial charge in [-0.3, -0.25) is 0 Å². The maximum Gasteiger partial charge on any atom is 0.0789 e. The van der Waals surface area contributed by atoms with E-state index in [1.54, 1.807) is 0 Å². The molecule has 3 nitrogen and oxygen atoms in total. The third-order valence-electron chi connectivity index (χ3n) is 12.7. The molecule has 0 N–H and O–H groups in total. The van der Waals surface area contributed by atoms with Crippen LogP contribution in [0.1, 0.15) is 0 Å². The van der Waals surface area contributed by atoms with Crippen molar-refractivity contribution in [1.29, 1.82) is 0 Å². The van der Waals surface area contributed by atoms with Gasteiger partial charge < -0.3 is 14.4 Å². The molecule has 0 radical (unpaired) electrons. The lowest BCUT2D eigenvalue weighted by Crippen LogP contribution is -2.11. The van der Waals surface area contributed by atoms with Crippen molar-refractivity contribution >= 4 is 77.5 Å². The highest BCUT2D eigenvalue weighted by Crippen LogP contribution is 2.49. The molecule has 0 unspecified atom stereocenters. The molecule has 0 aliphatic heterocycles. The van der Waals surface area contributed by atoms with Gasteiger partial charge in [0.25, 0.3) is 0 Å². The zero-order chi connectivity index (χ0) is 43.1. The van der Waals surface area contributed by atoms with Crippen LogP contribution in [0.4, 0.5) is 34.1 Å². The van der Waals surface area contributed by atoms with E-state index in [0.29, 0.717) is 0 Å². The van der Waals surface area contributed by atoms with Crippen molar-refractivity contribution in [2.75, 3.05) is 9.80 Å². The summed E-state index contributed by atoms with van der Waals surface area (Å²) in [6, 6.07) is 94.3. The number of fused-ring (bicyclic) bond motifs is 7. The Hall–Kier alpha value is -8.66. The summed E-state index contributed by atoms with van der Waals surface area (Å²) in [5.74, 6) is 0. The van der Waals surface area contributed by atoms with Crippen molar-refractivity contribution in [3.8, 4) is 27.9 Å². The molecule has 0 atom stereocenters. The van der Waals surface area contributed by atoms with E-state index in [-0.39, 0.29) is 0 Å². The first kappa shape index (κ1) is 38.0. The van der Waals surface area contributed by atoms with Crippen LogP contribution in [0.2, 0.25) is 0 Å². The predicted octanol–water partition coefficient (Wildman–Crippen LogP) is 17.4. The highest BCUT2D eigenvalue weighted by atomic mass is 15.2. The molecule has 0 amide bonds. The van der Waals surface area contributed by atoms with Crippen LogP contribution in [0, 0.1) is 0 Å². The van der Waals surface area contributed by atoms with Crippen LogP contribution >= 0.6 is 0 Å². The van der Waals surface area contributed by atoms with Crippen molar-refractivity contribution in [2.45, 2.75) is 0 Å². The van der Waals surface area contributed by atoms with Crippen LogP contribution in [-0.4, -0.2) is 4.57 Å². The van der Waals surface area contributed by atoms with Gasteiger partial charge in [0, 0.05) is 44.9 Å². The first-order valence-corrected chi connectivity index (χ1v) is 22.3. The van der Waals surface area contributed by atoms with E-state index < -0.39 is 0 Å². The van der Waals surface area contributed by atoms with E-state index in [4.69, 9.17) is 0 Å². The average molecular weight is 830 g/mol. The van der Waals surface area contributed by atoms with Crippen LogP contribution in [0.25, 0.3) is 71.3 Å². The highest BCUT2D eigenvalue weighted by molar-refractivity contribution is 6.31. The SMILES string of the molecule is c1ccc(-c2ccc(N(c3ccccc3)c3ccc4c(ccc5c4c4c6ccccc6cc(N(c6ccccc6)c6ccc(-c7ccccc7)cc6)c4n5-c4ccccc4)c3)cc2)cc1. The van der Waals surface area contributed by atoms with Gasteiger partial charge in [-0.1, -0.05) is 176 Å². The Kier molecular flexibility index (Phi) is 9.50. The molecule has 1 heterocycles. The van der Waals surface area contributed by atoms with Crippen LogP contribution in [-0.2, 0) is 0 Å². The smallest absolute Gasteiger partial charge is 0.0789 e. The topological polar surface area (TPSA) is 11.4 Å². The number of benzene rings is 11. The van der Waals surface area contributed by atoms with Crippen LogP contribution < -0.4 is 9.80 Å². The van der Waals surface area contributed by atoms with Gasteiger partial charge in [-0.2, -0.15) is 0 Å². The molecule has 3 heteroatoms. The van der Waals surface area contributed by atoms with Gasteiger partial charge in [0.15, 0.2) is 0 Å². The van der Waals surface area contributed by atoms with Gasteiger partial charge in [0.1, 0.15) is 0 Å². The molecule has 306 valence electrons. The molecule has 65 heavy (non-hydrogen) atoms. The lowest BCUT2D eigenvalue weighted by molar-refractivity contribution is 1.17. The highest BCUT2D eigenvalue weighted by Gasteiger charge is 2.25. The van der Waals surface area contributed by atoms with E-state index in [0.717, 1.165) is 50.8 Å². The summed E-state index contributed by atoms with van der Waals surface area (Å²) in [4.78, 5) is 4.79. The summed E-state index contributed by atoms with van der Waals surface area (Å²) in [6.45, 7) is 0. The van der Waals surface area contributed by atoms with Crippen molar-refractivity contribution in [3.05, 3.63) is 261 Å². The molecular weight excluding hydrogens is 787 g/mol. The van der Waals surface area contributed by atoms with Gasteiger partial charge in [0.05, 0.1) is 16.7 Å². The fourth-order valence-electron chi connectivity index (χ4n) is 9.73. The number of hydrogen-bond acceptors (Lipinski definition) is 2. The molecule has 12 aromatic rings. The van der Waals surface area contributed by atoms with Crippen molar-refractivity contribution in [1.82, 2.24) is 4.57 Å². The zero-order valence-corrected chi connectivity index (χ0v) is 35.7. The fourth-order valence-corrected chi connectivity index (χ4v) is 9.73. The summed E-state index contributed by atoms with van der Waals surface area (Å²) in [7, 11) is 0. The lowest BCUT2D eigenvalue weighted by Gasteiger charge is -2.28. The first-order chi connectivity index (χ1) is 32.3. The third-order valence-corrected chi connectivity index (χ3v) is 12.7. The lowest BCUT2D eigenvalue weighted by atomic mass is 9.97. The number of aromatic nitrogens is 1. The Bertz CT molecular complexity index is 3600. The van der Waals surface area contributed by atoms with E-state index in [1.165, 1.54) is 54.6 Å². The number of para-hydroxylation sites is 3. The van der Waals surface area contributed by atoms with Crippen molar-refractivity contribution in [2.24, 2.45) is 0 Å². The van der Waals surface area contributed by atoms with Crippen LogP contribution in [0.5, 0.6) is 0 Å². The molecule has 0 saturated heterocycles. The summed E-state index contributed by atoms with van der Waals surface area (Å²) in [5.41, 5.74) is 14.8. The minimum atomic E-state index is 1.09. The molecule has 1 aromatic heterocycles. The summed E-state index contributed by atoms with van der Waals surface area (Å²) >= 11 is 0. The maximum absolute atomic E-state index is 2.48. The number of hydrogen-bond donors (Lipinski definition) is 0. The van der Waals surface area contributed by atoms with Gasteiger partial charge in [-0.05, 0) is 129 Å². The second kappa shape index (κ2) is 16.2. The second-order valence-electron chi connectivity index (χ2n) is 16.5. The van der Waals surface area contributed by atoms with E-state index in [2.05, 4.69) is 275 Å². The Morgan fingerprint density at radius 3 is 1.31 bits per heavy atom. The van der Waals surface area contributed by atoms with Crippen LogP contribution in [0.15, 0.2) is 261 Å². The molecule has 11 aromatic carbocycles. The van der Waals surface area contributed by atoms with Crippen molar-refractivity contribution in [3.63, 3.8) is 0 Å². The summed E-state index contributed by atoms with van der Waals surface area (Å²) < 4.78 is 2.48. The van der Waals surface area contributed by atoms with Gasteiger partial charge in [-0.25, -0.2) is 0 Å². The Balaban J connectivity index is 1.11. The minimum absolute atomic E-state index is 1.09. The molecule has 12 rings (SSSR count). The van der Waals surface area contributed by atoms with Crippen LogP contribution in [0.3, 0.4) is 0 Å². The standard InChI is InChI=1S/C62H43N3/c1-6-18-44(19-7-1)46-30-35-53(36-31-46)63(50-23-10-3-11-24-50)55-39-40-57-49(42-55)34-41-58-60(57)61-56-29-17-16-22-48(56)43-59(62(61)65(58)52-27-14-5-15-28-52)64(51-25-12-4-13-26-51)54-37-32-47(33-38-54)45-20-8-2-9-21-45/h1-43H. The molecule has 0 aliphatic carbocycles. The molecular formula is C62H43N3. The normalized spacial score (nSPS) is 11.4. The van der Waals surface area contributed by atoms with Gasteiger partial charge >= 0.3 is 0 Å². The van der Waals surface area contributed by atoms with Crippen molar-refractivity contribution < 1.29 is 0 Å². The average Bonchev–Trinajstić information content (AvgIpc) is 3.75. The quantitative estimate of drug-likeness (QED) is 0.144. The predicted molar refractivity (Wildman–Crippen MR) is 276 cm³/mol. The van der Waals surface area contributed by atoms with Gasteiger partial charge in [-0.15, -0.1) is 0 Å². The summed E-state index contributed by atoms with van der Waals surface area (Å²) in [6.07, 6.45) is 0. The minimum Gasteiger partial charge on any atom is -0.310 e. The van der Waals surface area contributed by atoms with Gasteiger partial charge in [0.2, 0.25) is 0 Å². The Morgan fingerprint density at radius 2 is 0.708 bits per heavy atom. The largest absolute Gasteiger partial charge is 0.310 e. The maximum atomic E-state index is 2.48. The Labute approximate surface area is 378 Å². The fraction of sp³-hybridized carbons (Fsp3) is 0.